The summed E-state index contributed by atoms with van der Waals surface area (Å²) in [6.45, 7) is 4.38. The van der Waals surface area contributed by atoms with E-state index in [9.17, 15) is 0 Å². The number of hydrogen-bond acceptors (Lipinski definition) is 0. The van der Waals surface area contributed by atoms with Crippen molar-refractivity contribution < 1.29 is 0 Å². The van der Waals surface area contributed by atoms with Crippen LogP contribution in [0.5, 0.6) is 0 Å². The Hall–Kier alpha value is -0.300. The zero-order valence-electron chi connectivity index (χ0n) is 6.97. The van der Waals surface area contributed by atoms with Crippen LogP contribution < -0.4 is 0 Å². The molecule has 0 fully saturated rings. The number of hydrogen-bond donors (Lipinski definition) is 0. The Kier molecular flexibility index (Phi) is 2.72. The molecule has 0 N–H and O–H groups in total. The van der Waals surface area contributed by atoms with Crippen molar-refractivity contribution >= 4 is 15.9 Å². The molecule has 0 radical (unpaired) electrons. The highest BCUT2D eigenvalue weighted by Crippen LogP contribution is 2.33. The minimum absolute atomic E-state index is 0.147. The van der Waals surface area contributed by atoms with Crippen molar-refractivity contribution in [3.05, 3.63) is 35.9 Å². The van der Waals surface area contributed by atoms with E-state index in [1.165, 1.54) is 5.56 Å². The van der Waals surface area contributed by atoms with Crippen molar-refractivity contribution in [3.63, 3.8) is 0 Å². The van der Waals surface area contributed by atoms with E-state index in [-0.39, 0.29) is 4.32 Å². The fourth-order valence-corrected chi connectivity index (χ4v) is 1.25. The summed E-state index contributed by atoms with van der Waals surface area (Å²) in [6, 6.07) is 10.5. The van der Waals surface area contributed by atoms with E-state index in [2.05, 4.69) is 54.0 Å². The number of rotatable bonds is 2. The third kappa shape index (κ3) is 2.06. The van der Waals surface area contributed by atoms with Gasteiger partial charge in [-0.05, 0) is 18.9 Å². The van der Waals surface area contributed by atoms with Gasteiger partial charge in [-0.1, -0.05) is 53.2 Å². The summed E-state index contributed by atoms with van der Waals surface area (Å²) in [7, 11) is 0. The third-order valence-electron chi connectivity index (χ3n) is 2.04. The van der Waals surface area contributed by atoms with Gasteiger partial charge in [-0.2, -0.15) is 0 Å². The molecule has 0 saturated carbocycles. The Balaban J connectivity index is 2.93. The van der Waals surface area contributed by atoms with Gasteiger partial charge in [0.05, 0.1) is 0 Å². The van der Waals surface area contributed by atoms with Crippen LogP contribution in [0.1, 0.15) is 25.8 Å². The minimum atomic E-state index is 0.147. The van der Waals surface area contributed by atoms with Crippen molar-refractivity contribution in [3.8, 4) is 0 Å². The van der Waals surface area contributed by atoms with E-state index >= 15 is 0 Å². The molecule has 0 nitrogen and oxygen atoms in total. The highest BCUT2D eigenvalue weighted by molar-refractivity contribution is 9.09. The van der Waals surface area contributed by atoms with E-state index in [1.54, 1.807) is 0 Å². The number of alkyl halides is 1. The van der Waals surface area contributed by atoms with Gasteiger partial charge in [0.15, 0.2) is 0 Å². The predicted octanol–water partition coefficient (Wildman–Crippen LogP) is 3.71. The van der Waals surface area contributed by atoms with Gasteiger partial charge in [0, 0.05) is 4.32 Å². The Bertz CT molecular complexity index is 214. The van der Waals surface area contributed by atoms with Gasteiger partial charge in [0.25, 0.3) is 0 Å². The van der Waals surface area contributed by atoms with Crippen molar-refractivity contribution in [2.45, 2.75) is 24.6 Å². The lowest BCUT2D eigenvalue weighted by Crippen LogP contribution is -2.10. The molecule has 0 heterocycles. The van der Waals surface area contributed by atoms with Crippen LogP contribution in [0.4, 0.5) is 0 Å². The van der Waals surface area contributed by atoms with Crippen molar-refractivity contribution in [2.75, 3.05) is 0 Å². The van der Waals surface area contributed by atoms with Crippen LogP contribution in [0, 0.1) is 0 Å². The third-order valence-corrected chi connectivity index (χ3v) is 3.06. The fraction of sp³-hybridized carbons (Fsp3) is 0.400. The molecule has 11 heavy (non-hydrogen) atoms. The summed E-state index contributed by atoms with van der Waals surface area (Å²) in [5.41, 5.74) is 1.35. The second-order valence-electron chi connectivity index (χ2n) is 2.92. The summed E-state index contributed by atoms with van der Waals surface area (Å²) in [5.74, 6) is 0. The van der Waals surface area contributed by atoms with E-state index in [4.69, 9.17) is 0 Å². The topological polar surface area (TPSA) is 0 Å². The van der Waals surface area contributed by atoms with E-state index in [1.807, 2.05) is 6.07 Å². The van der Waals surface area contributed by atoms with Gasteiger partial charge in [-0.3, -0.25) is 0 Å². The standard InChI is InChI=1S/C10H13Br/c1-3-10(2,11)9-7-5-4-6-8-9/h4-8H,3H2,1-2H3/t10-/m0/s1. The summed E-state index contributed by atoms with van der Waals surface area (Å²) < 4.78 is 0.147. The van der Waals surface area contributed by atoms with Gasteiger partial charge in [0.2, 0.25) is 0 Å². The van der Waals surface area contributed by atoms with Crippen LogP contribution in [0.25, 0.3) is 0 Å². The zero-order chi connectivity index (χ0) is 8.32. The molecule has 0 spiro atoms. The van der Waals surface area contributed by atoms with E-state index in [0.717, 1.165) is 6.42 Å². The molecule has 0 amide bonds. The molecule has 0 aromatic heterocycles. The van der Waals surface area contributed by atoms with Crippen LogP contribution in [-0.4, -0.2) is 0 Å². The molecule has 1 heteroatoms. The predicted molar refractivity (Wildman–Crippen MR) is 53.0 cm³/mol. The summed E-state index contributed by atoms with van der Waals surface area (Å²) in [4.78, 5) is 0. The Morgan fingerprint density at radius 3 is 2.27 bits per heavy atom. The monoisotopic (exact) mass is 212 g/mol. The first-order valence-electron chi connectivity index (χ1n) is 3.91. The minimum Gasteiger partial charge on any atom is -0.0804 e. The van der Waals surface area contributed by atoms with Crippen LogP contribution in [0.3, 0.4) is 0 Å². The molecule has 0 unspecified atom stereocenters. The molecule has 0 bridgehead atoms. The molecule has 1 aromatic rings. The molecular formula is C10H13Br. The Labute approximate surface area is 76.8 Å². The van der Waals surface area contributed by atoms with Crippen LogP contribution in [0.2, 0.25) is 0 Å². The van der Waals surface area contributed by atoms with E-state index < -0.39 is 0 Å². The van der Waals surface area contributed by atoms with Gasteiger partial charge in [0.1, 0.15) is 0 Å². The fourth-order valence-electron chi connectivity index (χ4n) is 0.990. The van der Waals surface area contributed by atoms with Crippen LogP contribution in [0.15, 0.2) is 30.3 Å². The first-order valence-corrected chi connectivity index (χ1v) is 4.70. The number of benzene rings is 1. The van der Waals surface area contributed by atoms with Crippen molar-refractivity contribution in [1.29, 1.82) is 0 Å². The summed E-state index contributed by atoms with van der Waals surface area (Å²) in [6.07, 6.45) is 1.11. The average molecular weight is 213 g/mol. The molecule has 60 valence electrons. The first-order chi connectivity index (χ1) is 5.17. The maximum absolute atomic E-state index is 3.69. The maximum Gasteiger partial charge on any atom is 0.0475 e. The normalized spacial score (nSPS) is 15.9. The molecular weight excluding hydrogens is 200 g/mol. The van der Waals surface area contributed by atoms with Gasteiger partial charge in [-0.25, -0.2) is 0 Å². The second-order valence-corrected chi connectivity index (χ2v) is 4.67. The molecule has 0 aliphatic heterocycles. The second kappa shape index (κ2) is 3.40. The molecule has 1 rings (SSSR count). The molecule has 0 aliphatic carbocycles. The van der Waals surface area contributed by atoms with Crippen molar-refractivity contribution in [2.24, 2.45) is 0 Å². The summed E-state index contributed by atoms with van der Waals surface area (Å²) >= 11 is 3.69. The Morgan fingerprint density at radius 1 is 1.27 bits per heavy atom. The highest BCUT2D eigenvalue weighted by Gasteiger charge is 2.18. The van der Waals surface area contributed by atoms with Crippen molar-refractivity contribution in [1.82, 2.24) is 0 Å². The number of halogens is 1. The van der Waals surface area contributed by atoms with Gasteiger partial charge in [-0.15, -0.1) is 0 Å². The Morgan fingerprint density at radius 2 is 1.82 bits per heavy atom. The molecule has 1 aromatic carbocycles. The summed E-state index contributed by atoms with van der Waals surface area (Å²) in [5, 5.41) is 0. The average Bonchev–Trinajstić information content (AvgIpc) is 2.06. The lowest BCUT2D eigenvalue weighted by atomic mass is 9.99. The smallest absolute Gasteiger partial charge is 0.0475 e. The highest BCUT2D eigenvalue weighted by atomic mass is 79.9. The van der Waals surface area contributed by atoms with Crippen LogP contribution >= 0.6 is 15.9 Å². The van der Waals surface area contributed by atoms with Gasteiger partial charge < -0.3 is 0 Å². The SMILES string of the molecule is CC[C@](C)(Br)c1ccccc1. The van der Waals surface area contributed by atoms with E-state index in [0.29, 0.717) is 0 Å². The lowest BCUT2D eigenvalue weighted by Gasteiger charge is -2.20. The quantitative estimate of drug-likeness (QED) is 0.657. The lowest BCUT2D eigenvalue weighted by molar-refractivity contribution is 0.681. The zero-order valence-corrected chi connectivity index (χ0v) is 8.56. The molecule has 0 saturated heterocycles. The largest absolute Gasteiger partial charge is 0.0804 e. The first kappa shape index (κ1) is 8.79. The van der Waals surface area contributed by atoms with Crippen LogP contribution in [-0.2, 0) is 4.32 Å². The molecule has 1 atom stereocenters. The maximum atomic E-state index is 3.69. The van der Waals surface area contributed by atoms with Gasteiger partial charge >= 0.3 is 0 Å². The molecule has 0 aliphatic rings.